The van der Waals surface area contributed by atoms with Crippen LogP contribution < -0.4 is 10.2 Å². The third kappa shape index (κ3) is 8.96. The number of ether oxygens (including phenoxy) is 1. The first-order valence-electron chi connectivity index (χ1n) is 22.1. The minimum absolute atomic E-state index is 0.00788. The summed E-state index contributed by atoms with van der Waals surface area (Å²) in [7, 11) is -2.49. The predicted molar refractivity (Wildman–Crippen MR) is 224 cm³/mol. The van der Waals surface area contributed by atoms with Crippen LogP contribution in [0.2, 0.25) is 0 Å². The number of rotatable bonds is 14. The molecule has 2 aromatic carbocycles. The normalized spacial score (nSPS) is 25.7. The lowest BCUT2D eigenvalue weighted by atomic mass is 9.57. The maximum absolute atomic E-state index is 16.3. The molecule has 0 spiro atoms. The number of carbonyl (C=O) groups is 2. The molecule has 0 aromatic heterocycles. The van der Waals surface area contributed by atoms with Gasteiger partial charge < -0.3 is 24.8 Å². The minimum atomic E-state index is -3.87. The first kappa shape index (κ1) is 43.0. The van der Waals surface area contributed by atoms with E-state index in [0.717, 1.165) is 95.7 Å². The topological polar surface area (TPSA) is 106 Å². The summed E-state index contributed by atoms with van der Waals surface area (Å²) in [6, 6.07) is 10.7. The van der Waals surface area contributed by atoms with E-state index < -0.39 is 38.1 Å². The number of benzene rings is 2. The fourth-order valence-corrected chi connectivity index (χ4v) is 12.8. The fourth-order valence-electron chi connectivity index (χ4n) is 11.1. The zero-order valence-electron chi connectivity index (χ0n) is 34.9. The van der Waals surface area contributed by atoms with E-state index >= 15 is 13.2 Å². The van der Waals surface area contributed by atoms with E-state index in [1.807, 2.05) is 12.1 Å². The van der Waals surface area contributed by atoms with Crippen molar-refractivity contribution < 1.29 is 35.9 Å². The number of hydrogen-bond acceptors (Lipinski definition) is 9. The summed E-state index contributed by atoms with van der Waals surface area (Å²) in [5.74, 6) is -0.959. The Morgan fingerprint density at radius 3 is 2.28 bits per heavy atom. The molecule has 8 rings (SSSR count). The number of likely N-dealkylation sites (tertiary alicyclic amines) is 4. The second kappa shape index (κ2) is 18.0. The largest absolute Gasteiger partial charge is 0.453 e. The molecule has 60 heavy (non-hydrogen) atoms. The average Bonchev–Trinajstić information content (AvgIpc) is 3.65. The second-order valence-corrected chi connectivity index (χ2v) is 20.5. The molecule has 6 aliphatic rings. The number of amides is 2. The summed E-state index contributed by atoms with van der Waals surface area (Å²) in [6.45, 7) is 7.10. The van der Waals surface area contributed by atoms with Crippen molar-refractivity contribution >= 4 is 27.5 Å². The van der Waals surface area contributed by atoms with Crippen molar-refractivity contribution in [2.75, 3.05) is 97.1 Å². The molecule has 0 unspecified atom stereocenters. The maximum atomic E-state index is 16.3. The van der Waals surface area contributed by atoms with Crippen molar-refractivity contribution in [3.8, 4) is 0 Å². The third-order valence-corrected chi connectivity index (χ3v) is 16.6. The van der Waals surface area contributed by atoms with Crippen LogP contribution in [0.4, 0.5) is 23.7 Å². The smallest absolute Gasteiger partial charge is 0.407 e. The molecule has 1 saturated carbocycles. The van der Waals surface area contributed by atoms with Gasteiger partial charge in [-0.25, -0.2) is 26.4 Å². The predicted octanol–water partition coefficient (Wildman–Crippen LogP) is 5.40. The molecule has 3 atom stereocenters. The molecule has 1 N–H and O–H groups in total. The molecule has 328 valence electrons. The van der Waals surface area contributed by atoms with E-state index in [4.69, 9.17) is 4.74 Å². The molecule has 5 saturated heterocycles. The van der Waals surface area contributed by atoms with Gasteiger partial charge in [0.1, 0.15) is 16.9 Å². The van der Waals surface area contributed by atoms with Gasteiger partial charge in [-0.3, -0.25) is 14.6 Å². The van der Waals surface area contributed by atoms with Crippen LogP contribution in [0.3, 0.4) is 0 Å². The first-order chi connectivity index (χ1) is 28.9. The van der Waals surface area contributed by atoms with Crippen LogP contribution in [-0.4, -0.2) is 149 Å². The number of nitrogens with one attached hydrogen (secondary N) is 1. The number of sulfone groups is 1. The minimum Gasteiger partial charge on any atom is -0.453 e. The average molecular weight is 855 g/mol. The standard InChI is InChI=1S/C45H61F3N6O5S/c1-59-43(56)49-40-12-6-11-38(40)45(32-51-21-8-22-51,34-9-5-10-35(46)25-34)33-16-23-52(24-17-33)29-44(48)30-54(31-44)41-15-14-36(26-39(41)47)60(57,58)37-27-53(28-37)42(55)13-7-20-50-18-3-2-4-19-50/h5,7,9-10,13-15,25-26,33,37-38,40H,2-4,6,8,11-12,16-24,27-32H2,1H3,(H,49,56)/b13-7+/t38-,40-,45-/m0/s1. The third-order valence-electron chi connectivity index (χ3n) is 14.5. The highest BCUT2D eigenvalue weighted by molar-refractivity contribution is 7.92. The van der Waals surface area contributed by atoms with Crippen LogP contribution in [0, 0.1) is 23.5 Å². The monoisotopic (exact) mass is 854 g/mol. The van der Waals surface area contributed by atoms with Gasteiger partial charge >= 0.3 is 6.09 Å². The summed E-state index contributed by atoms with van der Waals surface area (Å²) in [6.07, 6.45) is 11.8. The van der Waals surface area contributed by atoms with Gasteiger partial charge in [0.25, 0.3) is 0 Å². The van der Waals surface area contributed by atoms with Crippen molar-refractivity contribution in [3.05, 3.63) is 71.8 Å². The van der Waals surface area contributed by atoms with Crippen LogP contribution in [0.1, 0.15) is 63.4 Å². The Morgan fingerprint density at radius 1 is 0.883 bits per heavy atom. The SMILES string of the molecule is COC(=O)N[C@H]1CCC[C@@H]1[C@](CN1CCC1)(c1cccc(F)c1)C1CCN(CC2(F)CN(c3ccc(S(=O)(=O)C4CN(C(=O)/C=C/CN5CCCCC5)C4)cc3F)C2)CC1. The lowest BCUT2D eigenvalue weighted by Crippen LogP contribution is -2.65. The molecule has 6 fully saturated rings. The van der Waals surface area contributed by atoms with Gasteiger partial charge in [0, 0.05) is 50.3 Å². The van der Waals surface area contributed by atoms with Crippen LogP contribution in [0.15, 0.2) is 59.5 Å². The quantitative estimate of drug-likeness (QED) is 0.251. The van der Waals surface area contributed by atoms with Gasteiger partial charge in [-0.05, 0) is 132 Å². The zero-order valence-corrected chi connectivity index (χ0v) is 35.7. The van der Waals surface area contributed by atoms with Gasteiger partial charge in [-0.2, -0.15) is 0 Å². The summed E-state index contributed by atoms with van der Waals surface area (Å²) in [4.78, 5) is 35.0. The highest BCUT2D eigenvalue weighted by Gasteiger charge is 2.54. The summed E-state index contributed by atoms with van der Waals surface area (Å²) < 4.78 is 78.7. The van der Waals surface area contributed by atoms with Gasteiger partial charge in [-0.15, -0.1) is 0 Å². The number of alkyl carbamates (subject to hydrolysis) is 1. The molecular formula is C45H61F3N6O5S. The van der Waals surface area contributed by atoms with Crippen molar-refractivity contribution in [1.29, 1.82) is 0 Å². The van der Waals surface area contributed by atoms with Crippen molar-refractivity contribution in [3.63, 3.8) is 0 Å². The highest BCUT2D eigenvalue weighted by Crippen LogP contribution is 2.52. The Balaban J connectivity index is 0.871. The van der Waals surface area contributed by atoms with Crippen LogP contribution >= 0.6 is 0 Å². The van der Waals surface area contributed by atoms with E-state index in [2.05, 4.69) is 20.0 Å². The number of nitrogens with zero attached hydrogens (tertiary/aromatic N) is 5. The number of methoxy groups -OCH3 is 1. The molecule has 0 radical (unpaired) electrons. The van der Waals surface area contributed by atoms with E-state index in [9.17, 15) is 18.0 Å². The Labute approximate surface area is 353 Å². The summed E-state index contributed by atoms with van der Waals surface area (Å²) in [5, 5.41) is 2.32. The van der Waals surface area contributed by atoms with Crippen LogP contribution in [-0.2, 0) is 24.8 Å². The number of anilines is 1. The van der Waals surface area contributed by atoms with E-state index in [1.165, 1.54) is 42.7 Å². The lowest BCUT2D eigenvalue weighted by molar-refractivity contribution is -0.129. The molecule has 11 nitrogen and oxygen atoms in total. The van der Waals surface area contributed by atoms with E-state index in [1.54, 1.807) is 17.0 Å². The Morgan fingerprint density at radius 2 is 1.62 bits per heavy atom. The first-order valence-corrected chi connectivity index (χ1v) is 23.6. The van der Waals surface area contributed by atoms with Gasteiger partial charge in [0.2, 0.25) is 5.91 Å². The van der Waals surface area contributed by atoms with Crippen molar-refractivity contribution in [2.24, 2.45) is 11.8 Å². The number of hydrogen-bond donors (Lipinski definition) is 1. The van der Waals surface area contributed by atoms with E-state index in [0.29, 0.717) is 19.6 Å². The molecule has 5 heterocycles. The maximum Gasteiger partial charge on any atom is 0.407 e. The number of halogens is 3. The molecule has 1 aliphatic carbocycles. The van der Waals surface area contributed by atoms with E-state index in [-0.39, 0.29) is 72.9 Å². The van der Waals surface area contributed by atoms with Crippen LogP contribution in [0.25, 0.3) is 0 Å². The second-order valence-electron chi connectivity index (χ2n) is 18.3. The van der Waals surface area contributed by atoms with Crippen molar-refractivity contribution in [1.82, 2.24) is 24.9 Å². The molecular weight excluding hydrogens is 794 g/mol. The lowest BCUT2D eigenvalue weighted by Gasteiger charge is -2.54. The van der Waals surface area contributed by atoms with Crippen molar-refractivity contribution in [2.45, 2.75) is 85.1 Å². The number of piperidine rings is 2. The Kier molecular flexibility index (Phi) is 12.9. The zero-order chi connectivity index (χ0) is 42.1. The molecule has 15 heteroatoms. The molecule has 2 aromatic rings. The highest BCUT2D eigenvalue weighted by atomic mass is 32.2. The van der Waals surface area contributed by atoms with Crippen LogP contribution in [0.5, 0.6) is 0 Å². The molecule has 5 aliphatic heterocycles. The molecule has 2 amide bonds. The summed E-state index contributed by atoms with van der Waals surface area (Å²) in [5.41, 5.74) is -0.854. The fraction of sp³-hybridized carbons (Fsp3) is 0.644. The Bertz CT molecular complexity index is 1990. The van der Waals surface area contributed by atoms with Gasteiger partial charge in [0.05, 0.1) is 30.8 Å². The van der Waals surface area contributed by atoms with Gasteiger partial charge in [-0.1, -0.05) is 31.1 Å². The van der Waals surface area contributed by atoms with Gasteiger partial charge in [0.15, 0.2) is 15.5 Å². The molecule has 0 bridgehead atoms. The summed E-state index contributed by atoms with van der Waals surface area (Å²) >= 11 is 0. The Hall–Kier alpha value is -3.66. The number of carbonyl (C=O) groups excluding carboxylic acids is 2. The number of alkyl halides is 1.